The van der Waals surface area contributed by atoms with Crippen molar-refractivity contribution in [2.24, 2.45) is 5.41 Å². The molecule has 8 nitrogen and oxygen atoms in total. The van der Waals surface area contributed by atoms with Gasteiger partial charge in [-0.1, -0.05) is 12.1 Å². The first kappa shape index (κ1) is 19.0. The Kier molecular flexibility index (Phi) is 5.43. The van der Waals surface area contributed by atoms with Crippen LogP contribution in [0.5, 0.6) is 0 Å². The second-order valence-corrected chi connectivity index (χ2v) is 8.04. The highest BCUT2D eigenvalue weighted by molar-refractivity contribution is 5.54. The molecule has 2 aliphatic rings. The molecule has 2 fully saturated rings. The van der Waals surface area contributed by atoms with E-state index >= 15 is 0 Å². The molecule has 0 bridgehead atoms. The molecule has 0 spiro atoms. The molecule has 4 rings (SSSR count). The van der Waals surface area contributed by atoms with Crippen LogP contribution >= 0.6 is 0 Å². The third-order valence-electron chi connectivity index (χ3n) is 6.00. The predicted octanol–water partition coefficient (Wildman–Crippen LogP) is 1.44. The first-order chi connectivity index (χ1) is 13.6. The minimum Gasteiger partial charge on any atom is -0.396 e. The molecule has 0 radical (unpaired) electrons. The van der Waals surface area contributed by atoms with Crippen molar-refractivity contribution in [2.45, 2.75) is 38.8 Å². The van der Waals surface area contributed by atoms with Crippen LogP contribution in [0.25, 0.3) is 0 Å². The lowest BCUT2D eigenvalue weighted by molar-refractivity contribution is -0.0156. The monoisotopic (exact) mass is 383 g/mol. The number of fused-ring (bicyclic) bond motifs is 1. The number of aliphatic hydroxyl groups is 1. The molecule has 150 valence electrons. The summed E-state index contributed by atoms with van der Waals surface area (Å²) in [5.41, 5.74) is 8.03. The Morgan fingerprint density at radius 3 is 3.04 bits per heavy atom. The molecular weight excluding hydrogens is 354 g/mol. The Labute approximate surface area is 165 Å². The molecular formula is C20H29N7O. The van der Waals surface area contributed by atoms with E-state index in [9.17, 15) is 5.11 Å². The number of anilines is 3. The Morgan fingerprint density at radius 2 is 2.21 bits per heavy atom. The van der Waals surface area contributed by atoms with Crippen LogP contribution in [0.1, 0.15) is 30.7 Å². The summed E-state index contributed by atoms with van der Waals surface area (Å²) in [4.78, 5) is 15.5. The van der Waals surface area contributed by atoms with Crippen LogP contribution < -0.4 is 16.4 Å². The molecule has 1 aromatic heterocycles. The topological polar surface area (TPSA) is 112 Å². The third kappa shape index (κ3) is 4.09. The number of aryl methyl sites for hydroxylation is 1. The van der Waals surface area contributed by atoms with Gasteiger partial charge in [0, 0.05) is 23.7 Å². The van der Waals surface area contributed by atoms with Gasteiger partial charge in [0.05, 0.1) is 13.2 Å². The molecule has 2 atom stereocenters. The fraction of sp³-hybridized carbons (Fsp3) is 0.550. The number of nitrogens with zero attached hydrogens (tertiary/aromatic N) is 4. The Balaban J connectivity index is 1.46. The van der Waals surface area contributed by atoms with Crippen molar-refractivity contribution < 1.29 is 5.11 Å². The minimum atomic E-state index is 0.0186. The number of nitrogen functional groups attached to an aromatic ring is 1. The first-order valence-electron chi connectivity index (χ1n) is 9.97. The Morgan fingerprint density at radius 1 is 1.32 bits per heavy atom. The zero-order valence-electron chi connectivity index (χ0n) is 16.4. The molecule has 2 aliphatic heterocycles. The number of piperidine rings is 2. The van der Waals surface area contributed by atoms with Crippen molar-refractivity contribution in [1.82, 2.24) is 25.2 Å². The fourth-order valence-corrected chi connectivity index (χ4v) is 4.42. The Bertz CT molecular complexity index is 830. The van der Waals surface area contributed by atoms with Gasteiger partial charge in [-0.15, -0.1) is 0 Å². The van der Waals surface area contributed by atoms with E-state index in [4.69, 9.17) is 5.73 Å². The van der Waals surface area contributed by atoms with Gasteiger partial charge in [0.1, 0.15) is 5.82 Å². The lowest BCUT2D eigenvalue weighted by Gasteiger charge is -2.50. The number of aromatic nitrogens is 3. The highest BCUT2D eigenvalue weighted by Gasteiger charge is 2.43. The normalized spacial score (nSPS) is 25.3. The van der Waals surface area contributed by atoms with E-state index in [0.717, 1.165) is 50.1 Å². The summed E-state index contributed by atoms with van der Waals surface area (Å²) in [7, 11) is 0. The van der Waals surface area contributed by atoms with E-state index in [2.05, 4.69) is 30.5 Å². The summed E-state index contributed by atoms with van der Waals surface area (Å²) in [6, 6.07) is 8.35. The van der Waals surface area contributed by atoms with Crippen molar-refractivity contribution in [3.8, 4) is 0 Å². The van der Waals surface area contributed by atoms with Crippen molar-refractivity contribution >= 4 is 17.6 Å². The number of aliphatic hydroxyl groups excluding tert-OH is 1. The van der Waals surface area contributed by atoms with Gasteiger partial charge in [-0.3, -0.25) is 4.90 Å². The van der Waals surface area contributed by atoms with Crippen LogP contribution in [0.3, 0.4) is 0 Å². The van der Waals surface area contributed by atoms with Crippen molar-refractivity contribution in [3.63, 3.8) is 0 Å². The maximum atomic E-state index is 9.97. The summed E-state index contributed by atoms with van der Waals surface area (Å²) in [6.07, 6.45) is 3.21. The molecule has 8 heteroatoms. The first-order valence-corrected chi connectivity index (χ1v) is 9.97. The predicted molar refractivity (Wildman–Crippen MR) is 109 cm³/mol. The largest absolute Gasteiger partial charge is 0.396 e. The second kappa shape index (κ2) is 7.98. The van der Waals surface area contributed by atoms with E-state index < -0.39 is 0 Å². The van der Waals surface area contributed by atoms with Crippen LogP contribution in [-0.2, 0) is 6.54 Å². The van der Waals surface area contributed by atoms with Crippen LogP contribution in [0.15, 0.2) is 24.3 Å². The quantitative estimate of drug-likeness (QED) is 0.614. The number of benzene rings is 1. The zero-order valence-corrected chi connectivity index (χ0v) is 16.4. The van der Waals surface area contributed by atoms with E-state index in [1.54, 1.807) is 0 Å². The Hall–Kier alpha value is -2.29. The summed E-state index contributed by atoms with van der Waals surface area (Å²) in [5.74, 6) is 1.35. The molecule has 1 aromatic carbocycles. The standard InChI is InChI=1S/C20H29N7O/c1-14-4-2-5-15(10-14)23-19-25-17(24-18(21)26-19)12-27-9-7-20(13-28)6-3-8-22-16(20)11-27/h2,4-5,10,16,22,28H,3,6-9,11-13H2,1H3,(H3,21,23,24,25,26)/t16-,20-/m1/s1. The number of likely N-dealkylation sites (tertiary alicyclic amines) is 1. The summed E-state index contributed by atoms with van der Waals surface area (Å²) in [5, 5.41) is 16.8. The molecule has 0 unspecified atom stereocenters. The molecule has 2 aromatic rings. The maximum absolute atomic E-state index is 9.97. The van der Waals surface area contributed by atoms with E-state index in [0.29, 0.717) is 24.4 Å². The van der Waals surface area contributed by atoms with Gasteiger partial charge in [-0.05, 0) is 57.0 Å². The van der Waals surface area contributed by atoms with Gasteiger partial charge in [-0.2, -0.15) is 15.0 Å². The van der Waals surface area contributed by atoms with Crippen molar-refractivity contribution in [3.05, 3.63) is 35.7 Å². The van der Waals surface area contributed by atoms with Gasteiger partial charge >= 0.3 is 0 Å². The van der Waals surface area contributed by atoms with E-state index in [-0.39, 0.29) is 18.0 Å². The van der Waals surface area contributed by atoms with Gasteiger partial charge in [0.15, 0.2) is 0 Å². The summed E-state index contributed by atoms with van der Waals surface area (Å²) in [6.45, 7) is 5.73. The summed E-state index contributed by atoms with van der Waals surface area (Å²) < 4.78 is 0. The zero-order chi connectivity index (χ0) is 19.6. The van der Waals surface area contributed by atoms with Gasteiger partial charge in [-0.25, -0.2) is 0 Å². The molecule has 0 amide bonds. The second-order valence-electron chi connectivity index (χ2n) is 8.04. The van der Waals surface area contributed by atoms with Crippen LogP contribution in [-0.4, -0.2) is 57.2 Å². The third-order valence-corrected chi connectivity index (χ3v) is 6.00. The minimum absolute atomic E-state index is 0.0186. The van der Waals surface area contributed by atoms with Gasteiger partial charge < -0.3 is 21.5 Å². The average molecular weight is 384 g/mol. The van der Waals surface area contributed by atoms with Crippen molar-refractivity contribution in [2.75, 3.05) is 37.3 Å². The van der Waals surface area contributed by atoms with Gasteiger partial charge in [0.25, 0.3) is 0 Å². The molecule has 3 heterocycles. The van der Waals surface area contributed by atoms with Crippen molar-refractivity contribution in [1.29, 1.82) is 0 Å². The van der Waals surface area contributed by atoms with Crippen LogP contribution in [0.2, 0.25) is 0 Å². The lowest BCUT2D eigenvalue weighted by atomic mass is 9.70. The number of nitrogens with two attached hydrogens (primary N) is 1. The van der Waals surface area contributed by atoms with Crippen LogP contribution in [0.4, 0.5) is 17.6 Å². The number of hydrogen-bond donors (Lipinski definition) is 4. The average Bonchev–Trinajstić information content (AvgIpc) is 2.67. The molecule has 0 aliphatic carbocycles. The van der Waals surface area contributed by atoms with Gasteiger partial charge in [0.2, 0.25) is 11.9 Å². The number of nitrogens with one attached hydrogen (secondary N) is 2. The van der Waals surface area contributed by atoms with Crippen LogP contribution in [0, 0.1) is 12.3 Å². The highest BCUT2D eigenvalue weighted by Crippen LogP contribution is 2.38. The lowest BCUT2D eigenvalue weighted by Crippen LogP contribution is -2.61. The van der Waals surface area contributed by atoms with E-state index in [1.807, 2.05) is 31.2 Å². The molecule has 0 saturated carbocycles. The molecule has 5 N–H and O–H groups in total. The SMILES string of the molecule is Cc1cccc(Nc2nc(N)nc(CN3CC[C@@]4(CO)CCCN[C@@H]4C3)n2)c1. The fourth-order valence-electron chi connectivity index (χ4n) is 4.42. The molecule has 2 saturated heterocycles. The van der Waals surface area contributed by atoms with E-state index in [1.165, 1.54) is 0 Å². The maximum Gasteiger partial charge on any atom is 0.232 e. The number of hydrogen-bond acceptors (Lipinski definition) is 8. The summed E-state index contributed by atoms with van der Waals surface area (Å²) >= 11 is 0. The smallest absolute Gasteiger partial charge is 0.232 e. The number of rotatable bonds is 5. The molecule has 28 heavy (non-hydrogen) atoms. The highest BCUT2D eigenvalue weighted by atomic mass is 16.3.